The third-order valence-corrected chi connectivity index (χ3v) is 6.80. The molecule has 5 rings (SSSR count). The van der Waals surface area contributed by atoms with E-state index in [-0.39, 0.29) is 30.1 Å². The third kappa shape index (κ3) is 5.16. The Morgan fingerprint density at radius 3 is 2.83 bits per heavy atom. The topological polar surface area (TPSA) is 95.5 Å². The van der Waals surface area contributed by atoms with Crippen molar-refractivity contribution in [3.05, 3.63) is 58.3 Å². The average Bonchev–Trinajstić information content (AvgIpc) is 2.98. The highest BCUT2D eigenvalue weighted by atomic mass is 19.1. The Labute approximate surface area is 203 Å². The van der Waals surface area contributed by atoms with Gasteiger partial charge in [0.15, 0.2) is 5.58 Å². The van der Waals surface area contributed by atoms with Gasteiger partial charge in [-0.05, 0) is 54.9 Å². The summed E-state index contributed by atoms with van der Waals surface area (Å²) >= 11 is 0. The first-order valence-electron chi connectivity index (χ1n) is 12.1. The predicted molar refractivity (Wildman–Crippen MR) is 131 cm³/mol. The van der Waals surface area contributed by atoms with Crippen LogP contribution in [0.5, 0.6) is 0 Å². The molecule has 35 heavy (non-hydrogen) atoms. The number of fused-ring (bicyclic) bond motifs is 1. The van der Waals surface area contributed by atoms with E-state index in [1.54, 1.807) is 16.7 Å². The Bertz CT molecular complexity index is 1280. The number of oxazole rings is 1. The standard InChI is InChI=1S/C26H30FN5O3/c1-31-15-21(16-31)32-24-11-18(5-6-25(24)35-26(32)33)17-3-4-19(23(27)10-17)9-20(12-28)30-14-22-13-29-7-2-8-34-22/h3-6,10-11,20-22,29-30H,2,7-9,13-16H2,1H3/t20-,22?/m0/s1. The Kier molecular flexibility index (Phi) is 6.97. The van der Waals surface area contributed by atoms with Crippen molar-refractivity contribution in [1.29, 1.82) is 5.26 Å². The van der Waals surface area contributed by atoms with Crippen molar-refractivity contribution in [2.45, 2.75) is 31.0 Å². The van der Waals surface area contributed by atoms with Crippen molar-refractivity contribution >= 4 is 11.1 Å². The molecule has 2 aliphatic heterocycles. The van der Waals surface area contributed by atoms with Gasteiger partial charge in [-0.2, -0.15) is 5.26 Å². The summed E-state index contributed by atoms with van der Waals surface area (Å²) in [5.41, 5.74) is 3.24. The van der Waals surface area contributed by atoms with Crippen LogP contribution in [0.15, 0.2) is 45.6 Å². The Balaban J connectivity index is 1.30. The predicted octanol–water partition coefficient (Wildman–Crippen LogP) is 2.29. The van der Waals surface area contributed by atoms with Gasteiger partial charge in [0.05, 0.1) is 29.8 Å². The zero-order valence-electron chi connectivity index (χ0n) is 19.8. The number of aromatic nitrogens is 1. The maximum Gasteiger partial charge on any atom is 0.420 e. The van der Waals surface area contributed by atoms with Crippen LogP contribution in [0.4, 0.5) is 4.39 Å². The second-order valence-corrected chi connectivity index (χ2v) is 9.45. The third-order valence-electron chi connectivity index (χ3n) is 6.80. The van der Waals surface area contributed by atoms with E-state index in [1.807, 2.05) is 25.2 Å². The molecule has 0 radical (unpaired) electrons. The number of hydrogen-bond donors (Lipinski definition) is 2. The zero-order chi connectivity index (χ0) is 24.4. The average molecular weight is 480 g/mol. The highest BCUT2D eigenvalue weighted by Crippen LogP contribution is 2.29. The number of rotatable bonds is 7. The number of nitrogens with zero attached hydrogens (tertiary/aromatic N) is 3. The minimum atomic E-state index is -0.514. The molecule has 184 valence electrons. The molecule has 0 amide bonds. The first-order valence-corrected chi connectivity index (χ1v) is 12.1. The van der Waals surface area contributed by atoms with Crippen molar-refractivity contribution in [2.24, 2.45) is 0 Å². The van der Waals surface area contributed by atoms with Gasteiger partial charge in [0.25, 0.3) is 0 Å². The molecule has 2 fully saturated rings. The molecule has 0 aliphatic carbocycles. The van der Waals surface area contributed by atoms with Crippen LogP contribution in [0.3, 0.4) is 0 Å². The lowest BCUT2D eigenvalue weighted by atomic mass is 9.99. The lowest BCUT2D eigenvalue weighted by Gasteiger charge is -2.36. The van der Waals surface area contributed by atoms with Crippen LogP contribution in [-0.2, 0) is 11.2 Å². The van der Waals surface area contributed by atoms with Crippen LogP contribution in [0, 0.1) is 17.1 Å². The van der Waals surface area contributed by atoms with Gasteiger partial charge in [-0.1, -0.05) is 18.2 Å². The molecule has 2 N–H and O–H groups in total. The second kappa shape index (κ2) is 10.3. The minimum absolute atomic E-state index is 0.00357. The van der Waals surface area contributed by atoms with Gasteiger partial charge in [0, 0.05) is 39.2 Å². The quantitative estimate of drug-likeness (QED) is 0.537. The largest absolute Gasteiger partial charge is 0.420 e. The lowest BCUT2D eigenvalue weighted by molar-refractivity contribution is 0.0660. The minimum Gasteiger partial charge on any atom is -0.408 e. The van der Waals surface area contributed by atoms with Crippen LogP contribution >= 0.6 is 0 Å². The van der Waals surface area contributed by atoms with Gasteiger partial charge in [-0.3, -0.25) is 9.88 Å². The number of likely N-dealkylation sites (N-methyl/N-ethyl adjacent to an activating group) is 1. The summed E-state index contributed by atoms with van der Waals surface area (Å²) in [6.07, 6.45) is 1.23. The second-order valence-electron chi connectivity index (χ2n) is 9.45. The fourth-order valence-corrected chi connectivity index (χ4v) is 4.84. The number of benzene rings is 2. The maximum atomic E-state index is 15.1. The van der Waals surface area contributed by atoms with Gasteiger partial charge in [-0.25, -0.2) is 9.18 Å². The Morgan fingerprint density at radius 2 is 2.06 bits per heavy atom. The van der Waals surface area contributed by atoms with Crippen molar-refractivity contribution in [3.63, 3.8) is 0 Å². The Hall–Kier alpha value is -3.03. The van der Waals surface area contributed by atoms with E-state index < -0.39 is 6.04 Å². The molecule has 0 bridgehead atoms. The summed E-state index contributed by atoms with van der Waals surface area (Å²) < 4.78 is 27.9. The summed E-state index contributed by atoms with van der Waals surface area (Å²) in [6, 6.07) is 12.3. The molecular formula is C26H30FN5O3. The number of halogens is 1. The van der Waals surface area contributed by atoms with E-state index in [0.717, 1.165) is 43.7 Å². The molecule has 3 aromatic rings. The SMILES string of the molecule is CN1CC(n2c(=O)oc3ccc(-c4ccc(C[C@@H](C#N)NCC5CNCCCO5)c(F)c4)cc32)C1. The van der Waals surface area contributed by atoms with E-state index >= 15 is 4.39 Å². The lowest BCUT2D eigenvalue weighted by Crippen LogP contribution is -2.47. The van der Waals surface area contributed by atoms with Crippen molar-refractivity contribution < 1.29 is 13.5 Å². The summed E-state index contributed by atoms with van der Waals surface area (Å²) in [4.78, 5) is 14.5. The molecular weight excluding hydrogens is 449 g/mol. The molecule has 0 spiro atoms. The normalized spacial score (nSPS) is 20.3. The molecule has 2 saturated heterocycles. The highest BCUT2D eigenvalue weighted by molar-refractivity contribution is 5.81. The van der Waals surface area contributed by atoms with Crippen molar-refractivity contribution in [2.75, 3.05) is 46.4 Å². The highest BCUT2D eigenvalue weighted by Gasteiger charge is 2.29. The summed E-state index contributed by atoms with van der Waals surface area (Å²) in [7, 11) is 2.01. The van der Waals surface area contributed by atoms with Gasteiger partial charge in [0.2, 0.25) is 0 Å². The van der Waals surface area contributed by atoms with E-state index in [9.17, 15) is 10.1 Å². The zero-order valence-corrected chi connectivity index (χ0v) is 19.8. The van der Waals surface area contributed by atoms with Crippen LogP contribution in [0.2, 0.25) is 0 Å². The van der Waals surface area contributed by atoms with Crippen molar-refractivity contribution in [3.8, 4) is 17.2 Å². The number of ether oxygens (including phenoxy) is 1. The molecule has 1 unspecified atom stereocenters. The summed E-state index contributed by atoms with van der Waals surface area (Å²) in [5, 5.41) is 16.1. The molecule has 2 atom stereocenters. The van der Waals surface area contributed by atoms with Crippen molar-refractivity contribution in [1.82, 2.24) is 20.1 Å². The molecule has 3 heterocycles. The van der Waals surface area contributed by atoms with Crippen LogP contribution < -0.4 is 16.4 Å². The smallest absolute Gasteiger partial charge is 0.408 e. The summed E-state index contributed by atoms with van der Waals surface area (Å²) in [5.74, 6) is -0.723. The number of hydrogen-bond acceptors (Lipinski definition) is 7. The summed E-state index contributed by atoms with van der Waals surface area (Å²) in [6.45, 7) is 4.48. The maximum absolute atomic E-state index is 15.1. The van der Waals surface area contributed by atoms with E-state index in [0.29, 0.717) is 29.9 Å². The fraction of sp³-hybridized carbons (Fsp3) is 0.462. The number of likely N-dealkylation sites (tertiary alicyclic amines) is 1. The van der Waals surface area contributed by atoms with Gasteiger partial charge in [0.1, 0.15) is 5.82 Å². The van der Waals surface area contributed by atoms with E-state index in [1.165, 1.54) is 6.07 Å². The Morgan fingerprint density at radius 1 is 1.26 bits per heavy atom. The molecule has 1 aromatic heterocycles. The van der Waals surface area contributed by atoms with Crippen LogP contribution in [0.1, 0.15) is 18.0 Å². The van der Waals surface area contributed by atoms with E-state index in [4.69, 9.17) is 9.15 Å². The molecule has 8 nitrogen and oxygen atoms in total. The van der Waals surface area contributed by atoms with Gasteiger partial charge >= 0.3 is 5.76 Å². The number of nitrogens with one attached hydrogen (secondary N) is 2. The molecule has 9 heteroatoms. The number of nitriles is 1. The molecule has 2 aromatic carbocycles. The van der Waals surface area contributed by atoms with Crippen LogP contribution in [-0.4, -0.2) is 68.0 Å². The van der Waals surface area contributed by atoms with Gasteiger partial charge in [-0.15, -0.1) is 0 Å². The van der Waals surface area contributed by atoms with E-state index in [2.05, 4.69) is 21.6 Å². The molecule has 2 aliphatic rings. The molecule has 0 saturated carbocycles. The van der Waals surface area contributed by atoms with Gasteiger partial charge < -0.3 is 19.4 Å². The van der Waals surface area contributed by atoms with Crippen LogP contribution in [0.25, 0.3) is 22.2 Å². The fourth-order valence-electron chi connectivity index (χ4n) is 4.84. The monoisotopic (exact) mass is 479 g/mol. The first kappa shape index (κ1) is 23.7. The first-order chi connectivity index (χ1) is 17.0.